The lowest BCUT2D eigenvalue weighted by atomic mass is 9.88. The molecule has 2 saturated heterocycles. The predicted molar refractivity (Wildman–Crippen MR) is 58.1 cm³/mol. The largest absolute Gasteiger partial charge is 0.323 e. The summed E-state index contributed by atoms with van der Waals surface area (Å²) < 4.78 is 0. The summed E-state index contributed by atoms with van der Waals surface area (Å²) in [5.74, 6) is 0.369. The van der Waals surface area contributed by atoms with Crippen LogP contribution in [0.2, 0.25) is 0 Å². The first-order valence-electron chi connectivity index (χ1n) is 5.59. The second kappa shape index (κ2) is 3.81. The zero-order valence-electron chi connectivity index (χ0n) is 9.10. The fraction of sp³-hybridized carbons (Fsp3) is 0.800. The summed E-state index contributed by atoms with van der Waals surface area (Å²) >= 11 is 0. The molecule has 3 N–H and O–H groups in total. The monoisotopic (exact) mass is 210 g/mol. The highest BCUT2D eigenvalue weighted by atomic mass is 16.2. The van der Waals surface area contributed by atoms with E-state index in [1.807, 2.05) is 4.90 Å². The number of rotatable bonds is 2. The molecule has 2 aliphatic rings. The molecule has 2 fully saturated rings. The second-order valence-corrected chi connectivity index (χ2v) is 4.27. The van der Waals surface area contributed by atoms with E-state index in [0.29, 0.717) is 12.4 Å². The summed E-state index contributed by atoms with van der Waals surface area (Å²) in [5, 5.41) is 13.8. The Bertz CT molecular complexity index is 283. The van der Waals surface area contributed by atoms with Crippen LogP contribution in [0.15, 0.2) is 0 Å². The van der Waals surface area contributed by atoms with Gasteiger partial charge in [0.25, 0.3) is 0 Å². The van der Waals surface area contributed by atoms with Crippen molar-refractivity contribution in [3.8, 4) is 0 Å². The minimum Gasteiger partial charge on any atom is -0.314 e. The fourth-order valence-electron chi connectivity index (χ4n) is 2.49. The van der Waals surface area contributed by atoms with Crippen molar-refractivity contribution in [2.45, 2.75) is 31.7 Å². The van der Waals surface area contributed by atoms with Crippen molar-refractivity contribution < 1.29 is 4.79 Å². The van der Waals surface area contributed by atoms with E-state index in [2.05, 4.69) is 17.6 Å². The van der Waals surface area contributed by atoms with Gasteiger partial charge in [0, 0.05) is 13.1 Å². The van der Waals surface area contributed by atoms with Crippen molar-refractivity contribution in [1.29, 1.82) is 5.41 Å². The van der Waals surface area contributed by atoms with Gasteiger partial charge in [-0.05, 0) is 25.8 Å². The summed E-state index contributed by atoms with van der Waals surface area (Å²) in [4.78, 5) is 13.5. The Morgan fingerprint density at radius 3 is 3.00 bits per heavy atom. The van der Waals surface area contributed by atoms with Crippen molar-refractivity contribution in [2.75, 3.05) is 19.6 Å². The van der Waals surface area contributed by atoms with E-state index in [9.17, 15) is 4.79 Å². The van der Waals surface area contributed by atoms with Gasteiger partial charge in [0.05, 0.1) is 0 Å². The molecule has 2 heterocycles. The van der Waals surface area contributed by atoms with Crippen molar-refractivity contribution in [1.82, 2.24) is 15.5 Å². The number of amides is 2. The molecule has 84 valence electrons. The maximum atomic E-state index is 11.7. The lowest BCUT2D eigenvalue weighted by Crippen LogP contribution is -2.58. The van der Waals surface area contributed by atoms with Crippen molar-refractivity contribution in [3.05, 3.63) is 0 Å². The van der Waals surface area contributed by atoms with Gasteiger partial charge in [-0.15, -0.1) is 0 Å². The molecule has 0 saturated carbocycles. The molecule has 5 heteroatoms. The molecule has 1 atom stereocenters. The van der Waals surface area contributed by atoms with Gasteiger partial charge in [-0.25, -0.2) is 4.79 Å². The zero-order valence-corrected chi connectivity index (χ0v) is 9.10. The molecule has 0 aromatic carbocycles. The van der Waals surface area contributed by atoms with Crippen LogP contribution in [0, 0.1) is 5.41 Å². The van der Waals surface area contributed by atoms with Gasteiger partial charge in [0.1, 0.15) is 11.4 Å². The number of hydrogen-bond donors (Lipinski definition) is 3. The van der Waals surface area contributed by atoms with Crippen LogP contribution in [0.4, 0.5) is 4.79 Å². The van der Waals surface area contributed by atoms with E-state index in [4.69, 9.17) is 5.41 Å². The lowest BCUT2D eigenvalue weighted by Gasteiger charge is -2.39. The van der Waals surface area contributed by atoms with Crippen LogP contribution in [0.3, 0.4) is 0 Å². The van der Waals surface area contributed by atoms with E-state index in [0.717, 1.165) is 32.4 Å². The summed E-state index contributed by atoms with van der Waals surface area (Å²) in [6, 6.07) is -0.106. The van der Waals surface area contributed by atoms with E-state index < -0.39 is 0 Å². The highest BCUT2D eigenvalue weighted by Crippen LogP contribution is 2.29. The Morgan fingerprint density at radius 1 is 1.60 bits per heavy atom. The summed E-state index contributed by atoms with van der Waals surface area (Å²) in [6.45, 7) is 4.49. The molecule has 1 unspecified atom stereocenters. The highest BCUT2D eigenvalue weighted by Gasteiger charge is 2.49. The molecule has 15 heavy (non-hydrogen) atoms. The minimum absolute atomic E-state index is 0.106. The van der Waals surface area contributed by atoms with E-state index in [1.165, 1.54) is 0 Å². The number of piperidine rings is 1. The third-order valence-electron chi connectivity index (χ3n) is 3.27. The van der Waals surface area contributed by atoms with Crippen LogP contribution >= 0.6 is 0 Å². The number of hydrogen-bond acceptors (Lipinski definition) is 3. The molecular formula is C10H18N4O. The van der Waals surface area contributed by atoms with Gasteiger partial charge in [0.2, 0.25) is 0 Å². The number of urea groups is 1. The average Bonchev–Trinajstić information content (AvgIpc) is 2.45. The van der Waals surface area contributed by atoms with E-state index in [-0.39, 0.29) is 11.6 Å². The third kappa shape index (κ3) is 1.51. The van der Waals surface area contributed by atoms with Crippen LogP contribution in [0.5, 0.6) is 0 Å². The Labute approximate surface area is 89.7 Å². The van der Waals surface area contributed by atoms with E-state index >= 15 is 0 Å². The number of nitrogens with zero attached hydrogens (tertiary/aromatic N) is 1. The maximum Gasteiger partial charge on any atom is 0.323 e. The second-order valence-electron chi connectivity index (χ2n) is 4.27. The molecule has 0 aromatic heterocycles. The smallest absolute Gasteiger partial charge is 0.314 e. The van der Waals surface area contributed by atoms with Gasteiger partial charge in [0.15, 0.2) is 0 Å². The van der Waals surface area contributed by atoms with Crippen molar-refractivity contribution in [2.24, 2.45) is 0 Å². The predicted octanol–water partition coefficient (Wildman–Crippen LogP) is 0.521. The molecule has 2 rings (SSSR count). The quantitative estimate of drug-likeness (QED) is 0.622. The normalized spacial score (nSPS) is 31.1. The molecule has 2 amide bonds. The molecular weight excluding hydrogens is 192 g/mol. The first-order valence-corrected chi connectivity index (χ1v) is 5.59. The molecule has 0 aromatic rings. The van der Waals surface area contributed by atoms with Gasteiger partial charge < -0.3 is 10.2 Å². The van der Waals surface area contributed by atoms with Gasteiger partial charge >= 0.3 is 6.03 Å². The molecule has 1 spiro atoms. The van der Waals surface area contributed by atoms with Crippen LogP contribution in [0.25, 0.3) is 0 Å². The number of nitrogens with one attached hydrogen (secondary N) is 3. The Balaban J connectivity index is 2.24. The summed E-state index contributed by atoms with van der Waals surface area (Å²) in [6.07, 6.45) is 2.86. The zero-order chi connectivity index (χ0) is 10.9. The van der Waals surface area contributed by atoms with Crippen LogP contribution in [0.1, 0.15) is 26.2 Å². The topological polar surface area (TPSA) is 68.2 Å². The van der Waals surface area contributed by atoms with Crippen molar-refractivity contribution in [3.63, 3.8) is 0 Å². The SMILES string of the molecule is CCCN1C(=O)NC(=N)C12CCCNC2. The van der Waals surface area contributed by atoms with Crippen molar-refractivity contribution >= 4 is 11.9 Å². The Hall–Kier alpha value is -1.10. The van der Waals surface area contributed by atoms with Gasteiger partial charge in [-0.2, -0.15) is 0 Å². The summed E-state index contributed by atoms with van der Waals surface area (Å²) in [7, 11) is 0. The maximum absolute atomic E-state index is 11.7. The minimum atomic E-state index is -0.384. The number of carbonyl (C=O) groups is 1. The molecule has 5 nitrogen and oxygen atoms in total. The molecule has 0 bridgehead atoms. The average molecular weight is 210 g/mol. The van der Waals surface area contributed by atoms with Crippen LogP contribution < -0.4 is 10.6 Å². The van der Waals surface area contributed by atoms with E-state index in [1.54, 1.807) is 0 Å². The van der Waals surface area contributed by atoms with Crippen LogP contribution in [-0.4, -0.2) is 41.9 Å². The highest BCUT2D eigenvalue weighted by molar-refractivity contribution is 6.08. The first-order chi connectivity index (χ1) is 7.20. The van der Waals surface area contributed by atoms with Gasteiger partial charge in [-0.3, -0.25) is 10.7 Å². The Kier molecular flexibility index (Phi) is 2.65. The van der Waals surface area contributed by atoms with Crippen LogP contribution in [-0.2, 0) is 0 Å². The Morgan fingerprint density at radius 2 is 2.40 bits per heavy atom. The third-order valence-corrected chi connectivity index (χ3v) is 3.27. The molecule has 0 radical (unpaired) electrons. The molecule has 0 aliphatic carbocycles. The number of amidine groups is 1. The first kappa shape index (κ1) is 10.4. The standard InChI is InChI=1S/C10H18N4O/c1-2-6-14-9(15)13-8(11)10(14)4-3-5-12-7-10/h12H,2-7H2,1H3,(H2,11,13,15). The fourth-order valence-corrected chi connectivity index (χ4v) is 2.49. The molecule has 2 aliphatic heterocycles. The summed E-state index contributed by atoms with van der Waals surface area (Å²) in [5.41, 5.74) is -0.384. The lowest BCUT2D eigenvalue weighted by molar-refractivity contribution is 0.153. The number of carbonyl (C=O) groups excluding carboxylic acids is 1. The van der Waals surface area contributed by atoms with Gasteiger partial charge in [-0.1, -0.05) is 6.92 Å².